The SMILES string of the molecule is C=CCCCC#CCCOS(N)(=O)=O. The Balaban J connectivity index is 3.39. The topological polar surface area (TPSA) is 69.4 Å². The summed E-state index contributed by atoms with van der Waals surface area (Å²) in [7, 11) is -3.81. The van der Waals surface area contributed by atoms with Gasteiger partial charge in [0.15, 0.2) is 0 Å². The molecule has 14 heavy (non-hydrogen) atoms. The van der Waals surface area contributed by atoms with Gasteiger partial charge in [0.05, 0.1) is 6.61 Å². The molecule has 0 heterocycles. The number of unbranched alkanes of at least 4 members (excludes halogenated alkanes) is 2. The standard InChI is InChI=1S/C9H15NO3S/c1-2-3-4-5-6-7-8-9-13-14(10,11)12/h2H,1,3-5,8-9H2,(H2,10,11,12). The van der Waals surface area contributed by atoms with Crippen LogP contribution in [0.1, 0.15) is 25.7 Å². The third-order valence-corrected chi connectivity index (χ3v) is 1.80. The van der Waals surface area contributed by atoms with Gasteiger partial charge in [-0.05, 0) is 12.8 Å². The molecule has 0 fully saturated rings. The molecule has 0 aromatic carbocycles. The molecule has 0 saturated heterocycles. The minimum atomic E-state index is -3.81. The van der Waals surface area contributed by atoms with Crippen LogP contribution in [0, 0.1) is 11.8 Å². The first-order valence-corrected chi connectivity index (χ1v) is 5.77. The summed E-state index contributed by atoms with van der Waals surface area (Å²) in [4.78, 5) is 0. The number of allylic oxidation sites excluding steroid dienone is 1. The van der Waals surface area contributed by atoms with Crippen molar-refractivity contribution in [3.8, 4) is 11.8 Å². The van der Waals surface area contributed by atoms with Crippen LogP contribution in [0.15, 0.2) is 12.7 Å². The largest absolute Gasteiger partial charge is 0.333 e. The van der Waals surface area contributed by atoms with Crippen LogP contribution in [0.2, 0.25) is 0 Å². The molecule has 0 unspecified atom stereocenters. The highest BCUT2D eigenvalue weighted by Gasteiger charge is 1.98. The Morgan fingerprint density at radius 3 is 2.57 bits per heavy atom. The third-order valence-electron chi connectivity index (χ3n) is 1.31. The van der Waals surface area contributed by atoms with E-state index in [4.69, 9.17) is 0 Å². The lowest BCUT2D eigenvalue weighted by Crippen LogP contribution is -2.16. The van der Waals surface area contributed by atoms with E-state index in [9.17, 15) is 8.42 Å². The molecule has 0 rings (SSSR count). The lowest BCUT2D eigenvalue weighted by atomic mass is 10.2. The first kappa shape index (κ1) is 13.2. The van der Waals surface area contributed by atoms with Crippen LogP contribution in [0.5, 0.6) is 0 Å². The van der Waals surface area contributed by atoms with Gasteiger partial charge in [0.1, 0.15) is 0 Å². The molecule has 0 atom stereocenters. The van der Waals surface area contributed by atoms with Crippen molar-refractivity contribution in [3.63, 3.8) is 0 Å². The Morgan fingerprint density at radius 1 is 1.36 bits per heavy atom. The lowest BCUT2D eigenvalue weighted by molar-refractivity contribution is 0.327. The van der Waals surface area contributed by atoms with Crippen molar-refractivity contribution < 1.29 is 12.6 Å². The van der Waals surface area contributed by atoms with E-state index in [-0.39, 0.29) is 6.61 Å². The van der Waals surface area contributed by atoms with E-state index in [0.717, 1.165) is 19.3 Å². The monoisotopic (exact) mass is 217 g/mol. The van der Waals surface area contributed by atoms with E-state index in [2.05, 4.69) is 27.7 Å². The average molecular weight is 217 g/mol. The van der Waals surface area contributed by atoms with Crippen LogP contribution < -0.4 is 5.14 Å². The highest BCUT2D eigenvalue weighted by atomic mass is 32.2. The van der Waals surface area contributed by atoms with Crippen LogP contribution in [0.25, 0.3) is 0 Å². The summed E-state index contributed by atoms with van der Waals surface area (Å²) in [6.07, 6.45) is 4.94. The minimum Gasteiger partial charge on any atom is -0.257 e. The van der Waals surface area contributed by atoms with Crippen molar-refractivity contribution in [2.24, 2.45) is 5.14 Å². The maximum Gasteiger partial charge on any atom is 0.333 e. The summed E-state index contributed by atoms with van der Waals surface area (Å²) < 4.78 is 24.9. The Labute approximate surface area is 85.4 Å². The fraction of sp³-hybridized carbons (Fsp3) is 0.556. The zero-order chi connectivity index (χ0) is 10.9. The van der Waals surface area contributed by atoms with E-state index in [0.29, 0.717) is 6.42 Å². The van der Waals surface area contributed by atoms with Crippen molar-refractivity contribution in [1.82, 2.24) is 0 Å². The predicted molar refractivity (Wildman–Crippen MR) is 55.5 cm³/mol. The second-order valence-corrected chi connectivity index (χ2v) is 3.82. The Bertz CT molecular complexity index is 311. The molecule has 2 N–H and O–H groups in total. The maximum absolute atomic E-state index is 10.3. The number of rotatable bonds is 6. The third kappa shape index (κ3) is 11.2. The molecule has 4 nitrogen and oxygen atoms in total. The summed E-state index contributed by atoms with van der Waals surface area (Å²) in [5.74, 6) is 5.68. The highest BCUT2D eigenvalue weighted by Crippen LogP contribution is 1.93. The zero-order valence-corrected chi connectivity index (χ0v) is 8.85. The Morgan fingerprint density at radius 2 is 2.00 bits per heavy atom. The normalized spacial score (nSPS) is 10.4. The van der Waals surface area contributed by atoms with E-state index in [1.165, 1.54) is 0 Å². The predicted octanol–water partition coefficient (Wildman–Crippen LogP) is 0.956. The summed E-state index contributed by atoms with van der Waals surface area (Å²) in [6, 6.07) is 0. The van der Waals surface area contributed by atoms with Crippen molar-refractivity contribution in [3.05, 3.63) is 12.7 Å². The fourth-order valence-corrected chi connectivity index (χ4v) is 1.04. The molecule has 0 aromatic heterocycles. The van der Waals surface area contributed by atoms with E-state index < -0.39 is 10.3 Å². The molecule has 0 saturated carbocycles. The molecule has 0 aliphatic carbocycles. The van der Waals surface area contributed by atoms with Gasteiger partial charge >= 0.3 is 10.3 Å². The molecule has 0 spiro atoms. The Hall–Kier alpha value is -0.830. The van der Waals surface area contributed by atoms with E-state index in [1.54, 1.807) is 0 Å². The van der Waals surface area contributed by atoms with Crippen LogP contribution >= 0.6 is 0 Å². The average Bonchev–Trinajstić information content (AvgIpc) is 2.08. The fourth-order valence-electron chi connectivity index (χ4n) is 0.720. The smallest absolute Gasteiger partial charge is 0.257 e. The molecule has 0 radical (unpaired) electrons. The molecule has 0 aromatic rings. The van der Waals surface area contributed by atoms with Gasteiger partial charge < -0.3 is 0 Å². The van der Waals surface area contributed by atoms with Gasteiger partial charge in [-0.3, -0.25) is 4.18 Å². The van der Waals surface area contributed by atoms with Gasteiger partial charge in [0.2, 0.25) is 0 Å². The highest BCUT2D eigenvalue weighted by molar-refractivity contribution is 7.84. The maximum atomic E-state index is 10.3. The van der Waals surface area contributed by atoms with Gasteiger partial charge in [-0.15, -0.1) is 18.4 Å². The van der Waals surface area contributed by atoms with Crippen LogP contribution in [0.3, 0.4) is 0 Å². The van der Waals surface area contributed by atoms with Gasteiger partial charge in [-0.25, -0.2) is 5.14 Å². The molecule has 80 valence electrons. The molecule has 5 heteroatoms. The van der Waals surface area contributed by atoms with Crippen LogP contribution in [0.4, 0.5) is 0 Å². The molecule has 0 bridgehead atoms. The Kier molecular flexibility index (Phi) is 7.11. The minimum absolute atomic E-state index is 0.0211. The quantitative estimate of drug-likeness (QED) is 0.409. The van der Waals surface area contributed by atoms with Gasteiger partial charge in [0.25, 0.3) is 0 Å². The van der Waals surface area contributed by atoms with Gasteiger partial charge in [-0.1, -0.05) is 6.08 Å². The summed E-state index contributed by atoms with van der Waals surface area (Å²) in [6.45, 7) is 3.61. The second kappa shape index (κ2) is 7.56. The molecule has 0 aliphatic rings. The summed E-state index contributed by atoms with van der Waals surface area (Å²) in [5, 5.41) is 4.61. The molecular weight excluding hydrogens is 202 g/mol. The molecule has 0 amide bonds. The lowest BCUT2D eigenvalue weighted by Gasteiger charge is -1.94. The molecular formula is C9H15NO3S. The van der Waals surface area contributed by atoms with Crippen molar-refractivity contribution in [2.45, 2.75) is 25.7 Å². The molecule has 0 aliphatic heterocycles. The van der Waals surface area contributed by atoms with Crippen molar-refractivity contribution in [1.29, 1.82) is 0 Å². The van der Waals surface area contributed by atoms with E-state index in [1.807, 2.05) is 6.08 Å². The zero-order valence-electron chi connectivity index (χ0n) is 8.03. The first-order valence-electron chi connectivity index (χ1n) is 4.30. The van der Waals surface area contributed by atoms with Crippen LogP contribution in [-0.2, 0) is 14.5 Å². The van der Waals surface area contributed by atoms with Crippen molar-refractivity contribution >= 4 is 10.3 Å². The van der Waals surface area contributed by atoms with Crippen molar-refractivity contribution in [2.75, 3.05) is 6.61 Å². The first-order chi connectivity index (χ1) is 6.56. The number of hydrogen-bond donors (Lipinski definition) is 1. The number of nitrogens with two attached hydrogens (primary N) is 1. The second-order valence-electron chi connectivity index (χ2n) is 2.60. The van der Waals surface area contributed by atoms with E-state index >= 15 is 0 Å². The summed E-state index contributed by atoms with van der Waals surface area (Å²) >= 11 is 0. The van der Waals surface area contributed by atoms with Gasteiger partial charge in [-0.2, -0.15) is 8.42 Å². The summed E-state index contributed by atoms with van der Waals surface area (Å²) in [5.41, 5.74) is 0. The number of hydrogen-bond acceptors (Lipinski definition) is 3. The van der Waals surface area contributed by atoms with Crippen LogP contribution in [-0.4, -0.2) is 15.0 Å². The van der Waals surface area contributed by atoms with Gasteiger partial charge in [0, 0.05) is 12.8 Å².